The van der Waals surface area contributed by atoms with Crippen LogP contribution >= 0.6 is 0 Å². The van der Waals surface area contributed by atoms with Crippen molar-refractivity contribution in [3.63, 3.8) is 0 Å². The van der Waals surface area contributed by atoms with E-state index < -0.39 is 10.0 Å². The highest BCUT2D eigenvalue weighted by atomic mass is 32.2. The van der Waals surface area contributed by atoms with Gasteiger partial charge in [0, 0.05) is 12.8 Å². The summed E-state index contributed by atoms with van der Waals surface area (Å²) in [5.41, 5.74) is 1.57. The minimum absolute atomic E-state index is 0.157. The maximum absolute atomic E-state index is 12.4. The molecule has 0 saturated carbocycles. The Bertz CT molecular complexity index is 763. The predicted octanol–water partition coefficient (Wildman–Crippen LogP) is 2.82. The monoisotopic (exact) mass is 349 g/mol. The Labute approximate surface area is 142 Å². The highest BCUT2D eigenvalue weighted by molar-refractivity contribution is 7.92. The molecule has 2 heterocycles. The van der Waals surface area contributed by atoms with Crippen molar-refractivity contribution in [3.8, 4) is 0 Å². The summed E-state index contributed by atoms with van der Waals surface area (Å²) in [5.74, 6) is 0. The van der Waals surface area contributed by atoms with Crippen molar-refractivity contribution in [1.82, 2.24) is 9.78 Å². The molecule has 0 amide bonds. The number of aryl methyl sites for hydroxylation is 1. The van der Waals surface area contributed by atoms with Gasteiger partial charge in [0.05, 0.1) is 29.4 Å². The Kier molecular flexibility index (Phi) is 5.20. The summed E-state index contributed by atoms with van der Waals surface area (Å²) in [6.45, 7) is 3.47. The summed E-state index contributed by atoms with van der Waals surface area (Å²) in [6.07, 6.45) is 7.56. The van der Waals surface area contributed by atoms with Crippen molar-refractivity contribution in [2.45, 2.75) is 50.2 Å². The second kappa shape index (κ2) is 7.36. The van der Waals surface area contributed by atoms with E-state index in [2.05, 4.69) is 9.82 Å². The number of benzene rings is 1. The van der Waals surface area contributed by atoms with Crippen LogP contribution in [0.3, 0.4) is 0 Å². The van der Waals surface area contributed by atoms with Gasteiger partial charge in [-0.25, -0.2) is 8.42 Å². The zero-order valence-electron chi connectivity index (χ0n) is 13.8. The average Bonchev–Trinajstić information content (AvgIpc) is 3.02. The summed E-state index contributed by atoms with van der Waals surface area (Å²) < 4.78 is 34.8. The number of anilines is 1. The highest BCUT2D eigenvalue weighted by Crippen LogP contribution is 2.18. The summed E-state index contributed by atoms with van der Waals surface area (Å²) in [5, 5.41) is 4.23. The topological polar surface area (TPSA) is 73.2 Å². The Balaban J connectivity index is 1.66. The molecule has 1 aromatic heterocycles. The van der Waals surface area contributed by atoms with Crippen LogP contribution in [0, 0.1) is 0 Å². The van der Waals surface area contributed by atoms with Crippen molar-refractivity contribution in [2.75, 3.05) is 11.3 Å². The van der Waals surface area contributed by atoms with E-state index in [0.29, 0.717) is 12.2 Å². The fraction of sp³-hybridized carbons (Fsp3) is 0.471. The summed E-state index contributed by atoms with van der Waals surface area (Å²) >= 11 is 0. The largest absolute Gasteiger partial charge is 0.376 e. The van der Waals surface area contributed by atoms with Gasteiger partial charge in [-0.05, 0) is 43.4 Å². The van der Waals surface area contributed by atoms with Crippen molar-refractivity contribution < 1.29 is 13.2 Å². The van der Waals surface area contributed by atoms with Crippen molar-refractivity contribution in [3.05, 3.63) is 42.2 Å². The number of aromatic nitrogens is 2. The molecule has 6 nitrogen and oxygen atoms in total. The number of sulfonamides is 1. The molecule has 1 atom stereocenters. The minimum atomic E-state index is -3.59. The molecule has 2 aromatic rings. The molecule has 1 N–H and O–H groups in total. The molecule has 1 aromatic carbocycles. The first-order chi connectivity index (χ1) is 11.6. The number of rotatable bonds is 6. The zero-order chi connectivity index (χ0) is 17.0. The lowest BCUT2D eigenvalue weighted by Crippen LogP contribution is -2.24. The highest BCUT2D eigenvalue weighted by Gasteiger charge is 2.17. The molecule has 1 saturated heterocycles. The third-order valence-corrected chi connectivity index (χ3v) is 5.59. The van der Waals surface area contributed by atoms with Gasteiger partial charge in [-0.2, -0.15) is 5.10 Å². The van der Waals surface area contributed by atoms with Crippen LogP contribution in [0.4, 0.5) is 5.69 Å². The molecule has 1 aliphatic rings. The second-order valence-electron chi connectivity index (χ2n) is 6.04. The quantitative estimate of drug-likeness (QED) is 0.870. The molecule has 0 spiro atoms. The predicted molar refractivity (Wildman–Crippen MR) is 92.4 cm³/mol. The van der Waals surface area contributed by atoms with Crippen LogP contribution in [0.1, 0.15) is 31.7 Å². The van der Waals surface area contributed by atoms with Crippen LogP contribution in [-0.2, 0) is 27.7 Å². The molecule has 0 aliphatic carbocycles. The standard InChI is InChI=1S/C17H23N3O3S/c1-2-14-6-8-17(9-7-14)24(21,22)19-15-11-18-20(12-15)13-16-5-3-4-10-23-16/h6-9,11-12,16,19H,2-5,10,13H2,1H3. The normalized spacial score (nSPS) is 18.5. The SMILES string of the molecule is CCc1ccc(S(=O)(=O)Nc2cnn(CC3CCCCO3)c2)cc1. The van der Waals surface area contributed by atoms with Crippen LogP contribution in [0.5, 0.6) is 0 Å². The number of nitrogens with zero attached hydrogens (tertiary/aromatic N) is 2. The van der Waals surface area contributed by atoms with Gasteiger partial charge < -0.3 is 4.74 Å². The maximum Gasteiger partial charge on any atom is 0.261 e. The first kappa shape index (κ1) is 17.0. The summed E-state index contributed by atoms with van der Waals surface area (Å²) in [6, 6.07) is 6.92. The molecule has 1 unspecified atom stereocenters. The van der Waals surface area contributed by atoms with Gasteiger partial charge in [0.2, 0.25) is 0 Å². The Morgan fingerprint density at radius 3 is 2.75 bits per heavy atom. The molecular weight excluding hydrogens is 326 g/mol. The van der Waals surface area contributed by atoms with Crippen molar-refractivity contribution >= 4 is 15.7 Å². The van der Waals surface area contributed by atoms with Gasteiger partial charge in [0.1, 0.15) is 0 Å². The number of hydrogen-bond donors (Lipinski definition) is 1. The van der Waals surface area contributed by atoms with Crippen LogP contribution in [0.15, 0.2) is 41.6 Å². The van der Waals surface area contributed by atoms with Gasteiger partial charge in [0.25, 0.3) is 10.0 Å². The van der Waals surface area contributed by atoms with E-state index in [9.17, 15) is 8.42 Å². The minimum Gasteiger partial charge on any atom is -0.376 e. The zero-order valence-corrected chi connectivity index (χ0v) is 14.6. The second-order valence-corrected chi connectivity index (χ2v) is 7.73. The van der Waals surface area contributed by atoms with Gasteiger partial charge in [-0.15, -0.1) is 0 Å². The molecule has 1 fully saturated rings. The van der Waals surface area contributed by atoms with E-state index >= 15 is 0 Å². The molecule has 0 radical (unpaired) electrons. The molecule has 7 heteroatoms. The van der Waals surface area contributed by atoms with Crippen LogP contribution in [0.25, 0.3) is 0 Å². The van der Waals surface area contributed by atoms with Crippen LogP contribution in [-0.4, -0.2) is 30.9 Å². The molecule has 3 rings (SSSR count). The van der Waals surface area contributed by atoms with Gasteiger partial charge >= 0.3 is 0 Å². The lowest BCUT2D eigenvalue weighted by atomic mass is 10.1. The van der Waals surface area contributed by atoms with E-state index in [0.717, 1.165) is 31.4 Å². The van der Waals surface area contributed by atoms with Crippen LogP contribution in [0.2, 0.25) is 0 Å². The van der Waals surface area contributed by atoms with E-state index in [1.807, 2.05) is 19.1 Å². The average molecular weight is 349 g/mol. The van der Waals surface area contributed by atoms with E-state index in [1.54, 1.807) is 23.0 Å². The lowest BCUT2D eigenvalue weighted by Gasteiger charge is -2.22. The Morgan fingerprint density at radius 2 is 2.08 bits per heavy atom. The molecule has 0 bridgehead atoms. The Morgan fingerprint density at radius 1 is 1.29 bits per heavy atom. The molecule has 130 valence electrons. The number of ether oxygens (including phenoxy) is 1. The Hall–Kier alpha value is -1.86. The summed E-state index contributed by atoms with van der Waals surface area (Å²) in [7, 11) is -3.59. The fourth-order valence-electron chi connectivity index (χ4n) is 2.79. The van der Waals surface area contributed by atoms with Gasteiger partial charge in [-0.3, -0.25) is 9.40 Å². The van der Waals surface area contributed by atoms with Crippen molar-refractivity contribution in [2.24, 2.45) is 0 Å². The molecule has 24 heavy (non-hydrogen) atoms. The van der Waals surface area contributed by atoms with E-state index in [1.165, 1.54) is 12.6 Å². The fourth-order valence-corrected chi connectivity index (χ4v) is 3.82. The van der Waals surface area contributed by atoms with Crippen molar-refractivity contribution in [1.29, 1.82) is 0 Å². The number of hydrogen-bond acceptors (Lipinski definition) is 4. The third kappa shape index (κ3) is 4.15. The lowest BCUT2D eigenvalue weighted by molar-refractivity contribution is 0.00401. The third-order valence-electron chi connectivity index (χ3n) is 4.19. The first-order valence-corrected chi connectivity index (χ1v) is 9.81. The first-order valence-electron chi connectivity index (χ1n) is 8.32. The smallest absolute Gasteiger partial charge is 0.261 e. The summed E-state index contributed by atoms with van der Waals surface area (Å²) in [4.78, 5) is 0.253. The van der Waals surface area contributed by atoms with Gasteiger partial charge in [-0.1, -0.05) is 19.1 Å². The van der Waals surface area contributed by atoms with Crippen LogP contribution < -0.4 is 4.72 Å². The molecular formula is C17H23N3O3S. The number of nitrogens with one attached hydrogen (secondary N) is 1. The van der Waals surface area contributed by atoms with E-state index in [4.69, 9.17) is 4.74 Å². The van der Waals surface area contributed by atoms with E-state index in [-0.39, 0.29) is 11.0 Å². The molecule has 1 aliphatic heterocycles. The maximum atomic E-state index is 12.4. The van der Waals surface area contributed by atoms with Gasteiger partial charge in [0.15, 0.2) is 0 Å².